The van der Waals surface area contributed by atoms with Gasteiger partial charge in [-0.25, -0.2) is 0 Å². The van der Waals surface area contributed by atoms with E-state index in [1.807, 2.05) is 0 Å². The predicted octanol–water partition coefficient (Wildman–Crippen LogP) is 2.85. The topological polar surface area (TPSA) is 17.0 Å². The molecule has 1 heterocycles. The van der Waals surface area contributed by atoms with Gasteiger partial charge in [0.2, 0.25) is 0 Å². The average Bonchev–Trinajstić information content (AvgIpc) is 3.03. The Balaban J connectivity index is 0.000000963. The van der Waals surface area contributed by atoms with Gasteiger partial charge in [-0.3, -0.25) is 0 Å². The highest BCUT2D eigenvalue weighted by Crippen LogP contribution is 2.23. The van der Waals surface area contributed by atoms with Crippen LogP contribution < -0.4 is 5.32 Å². The largest absolute Gasteiger partial charge is 0.350 e. The molecular formula is C13H17ClN2. The zero-order chi connectivity index (χ0) is 10.3. The van der Waals surface area contributed by atoms with E-state index < -0.39 is 0 Å². The molecule has 2 nitrogen and oxygen atoms in total. The summed E-state index contributed by atoms with van der Waals surface area (Å²) in [5, 5.41) is 4.95. The fourth-order valence-corrected chi connectivity index (χ4v) is 2.11. The maximum Gasteiger partial charge on any atom is 0.0481 e. The van der Waals surface area contributed by atoms with E-state index in [1.165, 1.54) is 29.3 Å². The maximum atomic E-state index is 3.57. The summed E-state index contributed by atoms with van der Waals surface area (Å²) in [4.78, 5) is 0. The fraction of sp³-hybridized carbons (Fsp3) is 0.385. The number of aryl methyl sites for hydroxylation is 1. The minimum atomic E-state index is 0. The summed E-state index contributed by atoms with van der Waals surface area (Å²) in [7, 11) is 2.11. The minimum absolute atomic E-state index is 0. The van der Waals surface area contributed by atoms with Crippen LogP contribution in [0.3, 0.4) is 0 Å². The zero-order valence-electron chi connectivity index (χ0n) is 9.44. The first-order valence-corrected chi connectivity index (χ1v) is 5.61. The summed E-state index contributed by atoms with van der Waals surface area (Å²) < 4.78 is 2.21. The second kappa shape index (κ2) is 4.48. The lowest BCUT2D eigenvalue weighted by molar-refractivity contribution is 0.689. The molecule has 1 aliphatic carbocycles. The van der Waals surface area contributed by atoms with Gasteiger partial charge >= 0.3 is 0 Å². The van der Waals surface area contributed by atoms with Gasteiger partial charge in [-0.05, 0) is 24.5 Å². The standard InChI is InChI=1S/C13H16N2.ClH/c1-15-9-10(8-14-11-6-7-11)12-4-2-3-5-13(12)15;/h2-5,9,11,14H,6-8H2,1H3;1H. The van der Waals surface area contributed by atoms with E-state index in [0.717, 1.165) is 12.6 Å². The first-order valence-electron chi connectivity index (χ1n) is 5.61. The molecule has 1 N–H and O–H groups in total. The third kappa shape index (κ3) is 2.08. The molecule has 0 aliphatic heterocycles. The van der Waals surface area contributed by atoms with E-state index >= 15 is 0 Å². The second-order valence-electron chi connectivity index (χ2n) is 4.44. The van der Waals surface area contributed by atoms with Gasteiger partial charge in [0, 0.05) is 36.7 Å². The fourth-order valence-electron chi connectivity index (χ4n) is 2.11. The highest BCUT2D eigenvalue weighted by Gasteiger charge is 2.20. The highest BCUT2D eigenvalue weighted by atomic mass is 35.5. The Morgan fingerprint density at radius 1 is 1.31 bits per heavy atom. The number of fused-ring (bicyclic) bond motifs is 1. The van der Waals surface area contributed by atoms with E-state index in [-0.39, 0.29) is 12.4 Å². The monoisotopic (exact) mass is 236 g/mol. The van der Waals surface area contributed by atoms with E-state index in [9.17, 15) is 0 Å². The third-order valence-corrected chi connectivity index (χ3v) is 3.14. The zero-order valence-corrected chi connectivity index (χ0v) is 10.3. The lowest BCUT2D eigenvalue weighted by Gasteiger charge is -2.00. The molecule has 3 heteroatoms. The molecule has 86 valence electrons. The summed E-state index contributed by atoms with van der Waals surface area (Å²) >= 11 is 0. The Kier molecular flexibility index (Phi) is 3.22. The molecule has 0 unspecified atom stereocenters. The van der Waals surface area contributed by atoms with E-state index in [2.05, 4.69) is 47.4 Å². The van der Waals surface area contributed by atoms with Gasteiger partial charge in [0.1, 0.15) is 0 Å². The van der Waals surface area contributed by atoms with Crippen molar-refractivity contribution in [1.29, 1.82) is 0 Å². The van der Waals surface area contributed by atoms with Crippen molar-refractivity contribution in [3.05, 3.63) is 36.0 Å². The summed E-state index contributed by atoms with van der Waals surface area (Å²) in [5.74, 6) is 0. The van der Waals surface area contributed by atoms with Crippen molar-refractivity contribution >= 4 is 23.3 Å². The van der Waals surface area contributed by atoms with Crippen LogP contribution in [0.1, 0.15) is 18.4 Å². The molecule has 1 fully saturated rings. The number of halogens is 1. The lowest BCUT2D eigenvalue weighted by atomic mass is 10.2. The van der Waals surface area contributed by atoms with Crippen LogP contribution in [0.2, 0.25) is 0 Å². The van der Waals surface area contributed by atoms with Gasteiger partial charge in [-0.1, -0.05) is 18.2 Å². The van der Waals surface area contributed by atoms with Crippen molar-refractivity contribution in [2.24, 2.45) is 7.05 Å². The number of aromatic nitrogens is 1. The van der Waals surface area contributed by atoms with Crippen LogP contribution in [0, 0.1) is 0 Å². The first kappa shape index (κ1) is 11.5. The Hall–Kier alpha value is -0.990. The van der Waals surface area contributed by atoms with Crippen LogP contribution in [0.15, 0.2) is 30.5 Å². The number of para-hydroxylation sites is 1. The molecule has 3 rings (SSSR count). The normalized spacial score (nSPS) is 15.1. The van der Waals surface area contributed by atoms with Gasteiger partial charge in [0.25, 0.3) is 0 Å². The van der Waals surface area contributed by atoms with Gasteiger partial charge in [0.05, 0.1) is 0 Å². The third-order valence-electron chi connectivity index (χ3n) is 3.14. The molecule has 0 spiro atoms. The lowest BCUT2D eigenvalue weighted by Crippen LogP contribution is -2.14. The van der Waals surface area contributed by atoms with Crippen molar-refractivity contribution < 1.29 is 0 Å². The summed E-state index contributed by atoms with van der Waals surface area (Å²) in [6.45, 7) is 1.01. The van der Waals surface area contributed by atoms with Crippen LogP contribution in [-0.4, -0.2) is 10.6 Å². The molecule has 0 bridgehead atoms. The molecule has 2 aromatic rings. The molecule has 0 amide bonds. The summed E-state index contributed by atoms with van der Waals surface area (Å²) in [6, 6.07) is 9.38. The van der Waals surface area contributed by atoms with E-state index in [1.54, 1.807) is 0 Å². The van der Waals surface area contributed by atoms with Gasteiger partial charge in [-0.15, -0.1) is 12.4 Å². The van der Waals surface area contributed by atoms with E-state index in [4.69, 9.17) is 0 Å². The van der Waals surface area contributed by atoms with Crippen LogP contribution in [0.25, 0.3) is 10.9 Å². The number of nitrogens with zero attached hydrogens (tertiary/aromatic N) is 1. The molecule has 1 saturated carbocycles. The van der Waals surface area contributed by atoms with E-state index in [0.29, 0.717) is 0 Å². The van der Waals surface area contributed by atoms with Gasteiger partial charge in [-0.2, -0.15) is 0 Å². The van der Waals surface area contributed by atoms with Crippen molar-refractivity contribution in [3.8, 4) is 0 Å². The molecule has 1 aliphatic rings. The van der Waals surface area contributed by atoms with Crippen LogP contribution in [-0.2, 0) is 13.6 Å². The Morgan fingerprint density at radius 2 is 2.06 bits per heavy atom. The number of rotatable bonds is 3. The SMILES string of the molecule is Cl.Cn1cc(CNC2CC2)c2ccccc21. The number of hydrogen-bond acceptors (Lipinski definition) is 1. The Labute approximate surface area is 102 Å². The quantitative estimate of drug-likeness (QED) is 0.867. The minimum Gasteiger partial charge on any atom is -0.350 e. The van der Waals surface area contributed by atoms with Crippen molar-refractivity contribution in [3.63, 3.8) is 0 Å². The van der Waals surface area contributed by atoms with Crippen molar-refractivity contribution in [2.45, 2.75) is 25.4 Å². The number of benzene rings is 1. The van der Waals surface area contributed by atoms with Crippen molar-refractivity contribution in [1.82, 2.24) is 9.88 Å². The number of nitrogens with one attached hydrogen (secondary N) is 1. The van der Waals surface area contributed by atoms with Crippen LogP contribution in [0.5, 0.6) is 0 Å². The molecule has 0 radical (unpaired) electrons. The molecular weight excluding hydrogens is 220 g/mol. The Bertz CT molecular complexity index is 486. The molecule has 0 atom stereocenters. The average molecular weight is 237 g/mol. The second-order valence-corrected chi connectivity index (χ2v) is 4.44. The highest BCUT2D eigenvalue weighted by molar-refractivity contribution is 5.85. The van der Waals surface area contributed by atoms with Gasteiger partial charge < -0.3 is 9.88 Å². The van der Waals surface area contributed by atoms with Crippen molar-refractivity contribution in [2.75, 3.05) is 0 Å². The summed E-state index contributed by atoms with van der Waals surface area (Å²) in [5.41, 5.74) is 2.74. The Morgan fingerprint density at radius 3 is 2.81 bits per heavy atom. The smallest absolute Gasteiger partial charge is 0.0481 e. The first-order chi connectivity index (χ1) is 7.34. The van der Waals surface area contributed by atoms with Gasteiger partial charge in [0.15, 0.2) is 0 Å². The summed E-state index contributed by atoms with van der Waals surface area (Å²) in [6.07, 6.45) is 4.94. The van der Waals surface area contributed by atoms with Crippen LogP contribution >= 0.6 is 12.4 Å². The number of hydrogen-bond donors (Lipinski definition) is 1. The molecule has 1 aromatic heterocycles. The molecule has 16 heavy (non-hydrogen) atoms. The van der Waals surface area contributed by atoms with Crippen LogP contribution in [0.4, 0.5) is 0 Å². The maximum absolute atomic E-state index is 3.57. The predicted molar refractivity (Wildman–Crippen MR) is 70.0 cm³/mol. The molecule has 0 saturated heterocycles. The molecule has 1 aromatic carbocycles.